The highest BCUT2D eigenvalue weighted by Crippen LogP contribution is 2.21. The lowest BCUT2D eigenvalue weighted by Gasteiger charge is -2.34. The zero-order chi connectivity index (χ0) is 18.6. The first-order valence-corrected chi connectivity index (χ1v) is 9.67. The minimum absolute atomic E-state index is 0.0860. The summed E-state index contributed by atoms with van der Waals surface area (Å²) in [5.41, 5.74) is 2.11. The van der Waals surface area contributed by atoms with Gasteiger partial charge in [0.25, 0.3) is 5.56 Å². The molecule has 0 radical (unpaired) electrons. The second kappa shape index (κ2) is 7.92. The third-order valence-corrected chi connectivity index (χ3v) is 5.59. The average molecular weight is 362 g/mol. The maximum Gasteiger partial charge on any atom is 0.261 e. The van der Waals surface area contributed by atoms with Crippen LogP contribution in [0.5, 0.6) is 0 Å². The van der Waals surface area contributed by atoms with Gasteiger partial charge in [-0.15, -0.1) is 0 Å². The van der Waals surface area contributed by atoms with E-state index in [1.165, 1.54) is 5.69 Å². The number of rotatable bonds is 5. The molecule has 1 fully saturated rings. The van der Waals surface area contributed by atoms with Crippen LogP contribution in [0.3, 0.4) is 0 Å². The molecule has 0 N–H and O–H groups in total. The van der Waals surface area contributed by atoms with E-state index in [-0.39, 0.29) is 11.6 Å². The van der Waals surface area contributed by atoms with Crippen molar-refractivity contribution in [2.75, 3.05) is 38.1 Å². The van der Waals surface area contributed by atoms with Crippen LogP contribution in [-0.4, -0.2) is 47.7 Å². The van der Waals surface area contributed by atoms with Gasteiger partial charge in [0.1, 0.15) is 0 Å². The average Bonchev–Trinajstić information content (AvgIpc) is 2.74. The third-order valence-electron chi connectivity index (χ3n) is 5.59. The molecule has 0 atom stereocenters. The molecule has 0 spiro atoms. The van der Waals surface area contributed by atoms with Crippen molar-refractivity contribution in [3.05, 3.63) is 71.3 Å². The minimum Gasteiger partial charge on any atom is -0.373 e. The number of hydrogen-bond acceptors (Lipinski definition) is 4. The molecule has 5 heteroatoms. The Hall–Kier alpha value is -2.66. The number of likely N-dealkylation sites (tertiary alicyclic amines) is 1. The molecule has 140 valence electrons. The highest BCUT2D eigenvalue weighted by atomic mass is 16.1. The summed E-state index contributed by atoms with van der Waals surface area (Å²) in [5.74, 6) is 0. The predicted molar refractivity (Wildman–Crippen MR) is 110 cm³/mol. The molecule has 1 aromatic heterocycles. The quantitative estimate of drug-likeness (QED) is 0.699. The second-order valence-electron chi connectivity index (χ2n) is 7.30. The van der Waals surface area contributed by atoms with Gasteiger partial charge >= 0.3 is 0 Å². The van der Waals surface area contributed by atoms with Crippen molar-refractivity contribution < 1.29 is 0 Å². The monoisotopic (exact) mass is 362 g/mol. The highest BCUT2D eigenvalue weighted by Gasteiger charge is 2.22. The number of aromatic nitrogens is 2. The van der Waals surface area contributed by atoms with E-state index in [1.54, 1.807) is 6.33 Å². The van der Waals surface area contributed by atoms with E-state index in [4.69, 9.17) is 0 Å². The van der Waals surface area contributed by atoms with Gasteiger partial charge in [0.05, 0.1) is 17.2 Å². The van der Waals surface area contributed by atoms with E-state index in [0.717, 1.165) is 44.5 Å². The van der Waals surface area contributed by atoms with Crippen LogP contribution < -0.4 is 10.5 Å². The van der Waals surface area contributed by atoms with Crippen LogP contribution in [0, 0.1) is 0 Å². The van der Waals surface area contributed by atoms with Crippen LogP contribution in [0.15, 0.2) is 65.7 Å². The van der Waals surface area contributed by atoms with E-state index >= 15 is 0 Å². The van der Waals surface area contributed by atoms with Crippen LogP contribution in [0.1, 0.15) is 18.9 Å². The molecule has 5 nitrogen and oxygen atoms in total. The molecule has 2 heterocycles. The zero-order valence-corrected chi connectivity index (χ0v) is 15.8. The van der Waals surface area contributed by atoms with Crippen molar-refractivity contribution in [1.82, 2.24) is 14.5 Å². The van der Waals surface area contributed by atoms with Gasteiger partial charge in [-0.1, -0.05) is 30.3 Å². The normalized spacial score (nSPS) is 15.9. The topological polar surface area (TPSA) is 41.4 Å². The zero-order valence-electron chi connectivity index (χ0n) is 15.8. The van der Waals surface area contributed by atoms with Gasteiger partial charge in [-0.25, -0.2) is 4.98 Å². The fraction of sp³-hybridized carbons (Fsp3) is 0.364. The molecular weight excluding hydrogens is 336 g/mol. The highest BCUT2D eigenvalue weighted by molar-refractivity contribution is 5.76. The Morgan fingerprint density at radius 2 is 1.74 bits per heavy atom. The van der Waals surface area contributed by atoms with Crippen LogP contribution in [-0.2, 0) is 0 Å². The lowest BCUT2D eigenvalue weighted by molar-refractivity contribution is 0.188. The molecule has 1 aliphatic rings. The number of hydrogen-bond donors (Lipinski definition) is 0. The van der Waals surface area contributed by atoms with Crippen LogP contribution in [0.25, 0.3) is 10.9 Å². The molecule has 0 aliphatic carbocycles. The smallest absolute Gasteiger partial charge is 0.261 e. The molecule has 3 aromatic rings. The predicted octanol–water partition coefficient (Wildman–Crippen LogP) is 3.17. The maximum absolute atomic E-state index is 12.8. The third kappa shape index (κ3) is 3.88. The van der Waals surface area contributed by atoms with E-state index in [1.807, 2.05) is 34.9 Å². The Bertz CT molecular complexity index is 945. The lowest BCUT2D eigenvalue weighted by atomic mass is 10.0. The summed E-state index contributed by atoms with van der Waals surface area (Å²) in [7, 11) is 2.14. The number of benzene rings is 2. The first-order valence-electron chi connectivity index (χ1n) is 9.67. The van der Waals surface area contributed by atoms with Crippen molar-refractivity contribution >= 4 is 16.6 Å². The molecule has 27 heavy (non-hydrogen) atoms. The van der Waals surface area contributed by atoms with Crippen molar-refractivity contribution in [3.8, 4) is 0 Å². The summed E-state index contributed by atoms with van der Waals surface area (Å²) in [6, 6.07) is 18.3. The van der Waals surface area contributed by atoms with Gasteiger partial charge in [0, 0.05) is 45.0 Å². The van der Waals surface area contributed by atoms with Gasteiger partial charge in [-0.3, -0.25) is 9.36 Å². The molecule has 0 bridgehead atoms. The van der Waals surface area contributed by atoms with Gasteiger partial charge in [-0.2, -0.15) is 0 Å². The summed E-state index contributed by atoms with van der Waals surface area (Å²) in [5, 5.41) is 0.715. The first-order chi connectivity index (χ1) is 13.2. The number of para-hydroxylation sites is 2. The fourth-order valence-electron chi connectivity index (χ4n) is 3.87. The Labute approximate surface area is 159 Å². The molecule has 1 saturated heterocycles. The number of piperidine rings is 1. The van der Waals surface area contributed by atoms with Gasteiger partial charge in [0.2, 0.25) is 0 Å². The van der Waals surface area contributed by atoms with Gasteiger partial charge in [0.15, 0.2) is 0 Å². The van der Waals surface area contributed by atoms with Gasteiger partial charge in [-0.05, 0) is 37.1 Å². The summed E-state index contributed by atoms with van der Waals surface area (Å²) in [4.78, 5) is 22.0. The second-order valence-corrected chi connectivity index (χ2v) is 7.30. The van der Waals surface area contributed by atoms with Crippen LogP contribution in [0.2, 0.25) is 0 Å². The van der Waals surface area contributed by atoms with E-state index < -0.39 is 0 Å². The van der Waals surface area contributed by atoms with Crippen LogP contribution >= 0.6 is 0 Å². The van der Waals surface area contributed by atoms with E-state index in [0.29, 0.717) is 5.39 Å². The molecule has 0 saturated carbocycles. The molecule has 2 aromatic carbocycles. The minimum atomic E-state index is 0.0860. The maximum atomic E-state index is 12.8. The van der Waals surface area contributed by atoms with Crippen molar-refractivity contribution in [1.29, 1.82) is 0 Å². The molecular formula is C22H26N4O. The summed E-state index contributed by atoms with van der Waals surface area (Å²) < 4.78 is 1.84. The largest absolute Gasteiger partial charge is 0.373 e. The number of likely N-dealkylation sites (N-methyl/N-ethyl adjacent to an activating group) is 1. The summed E-state index contributed by atoms with van der Waals surface area (Å²) >= 11 is 0. The Balaban J connectivity index is 1.35. The first kappa shape index (κ1) is 17.7. The van der Waals surface area contributed by atoms with E-state index in [9.17, 15) is 4.79 Å². The van der Waals surface area contributed by atoms with E-state index in [2.05, 4.69) is 46.1 Å². The standard InChI is InChI=1S/C22H26N4O/c1-24(18-7-3-2-4-8-18)15-16-25-13-11-19(12-14-25)26-17-23-21-10-6-5-9-20(21)22(26)27/h2-10,17,19H,11-16H2,1H3. The molecule has 0 amide bonds. The number of fused-ring (bicyclic) bond motifs is 1. The molecule has 0 unspecified atom stereocenters. The molecule has 4 rings (SSSR count). The van der Waals surface area contributed by atoms with Crippen molar-refractivity contribution in [2.45, 2.75) is 18.9 Å². The van der Waals surface area contributed by atoms with Gasteiger partial charge < -0.3 is 9.80 Å². The number of nitrogens with zero attached hydrogens (tertiary/aromatic N) is 4. The van der Waals surface area contributed by atoms with Crippen molar-refractivity contribution in [3.63, 3.8) is 0 Å². The Kier molecular flexibility index (Phi) is 5.21. The van der Waals surface area contributed by atoms with Crippen LogP contribution in [0.4, 0.5) is 5.69 Å². The lowest BCUT2D eigenvalue weighted by Crippen LogP contribution is -2.40. The Morgan fingerprint density at radius 1 is 1.04 bits per heavy atom. The molecule has 1 aliphatic heterocycles. The summed E-state index contributed by atoms with van der Waals surface area (Å²) in [6.45, 7) is 4.09. The van der Waals surface area contributed by atoms with Crippen molar-refractivity contribution in [2.24, 2.45) is 0 Å². The number of anilines is 1. The summed E-state index contributed by atoms with van der Waals surface area (Å²) in [6.07, 6.45) is 3.72. The fourth-order valence-corrected chi connectivity index (χ4v) is 3.87. The SMILES string of the molecule is CN(CCN1CCC(n2cnc3ccccc3c2=O)CC1)c1ccccc1. The Morgan fingerprint density at radius 3 is 2.52 bits per heavy atom.